The normalized spacial score (nSPS) is 14.4. The second-order valence-corrected chi connectivity index (χ2v) is 2.25. The van der Waals surface area contributed by atoms with E-state index in [2.05, 4.69) is 9.78 Å². The Kier molecular flexibility index (Phi) is 2.46. The van der Waals surface area contributed by atoms with Gasteiger partial charge < -0.3 is 5.53 Å². The lowest BCUT2D eigenvalue weighted by molar-refractivity contribution is -0.115. The Morgan fingerprint density at radius 3 is 2.42 bits per heavy atom. The molecule has 0 radical (unpaired) electrons. The molecule has 1 aliphatic rings. The lowest BCUT2D eigenvalue weighted by Crippen LogP contribution is -2.02. The van der Waals surface area contributed by atoms with Gasteiger partial charge in [-0.3, -0.25) is 4.79 Å². The second-order valence-electron chi connectivity index (χ2n) is 2.25. The topological polar surface area (TPSA) is 65.8 Å². The fraction of sp³-hybridized carbons (Fsp3) is 0.125. The first-order valence-corrected chi connectivity index (χ1v) is 3.40. The van der Waals surface area contributed by atoms with Crippen LogP contribution in [-0.2, 0) is 4.79 Å². The molecular weight excluding hydrogens is 154 g/mol. The van der Waals surface area contributed by atoms with Crippen LogP contribution in [-0.4, -0.2) is 22.1 Å². The summed E-state index contributed by atoms with van der Waals surface area (Å²) in [6, 6.07) is 0. The van der Waals surface area contributed by atoms with Crippen molar-refractivity contribution in [3.05, 3.63) is 29.8 Å². The van der Waals surface area contributed by atoms with Gasteiger partial charge in [0.15, 0.2) is 0 Å². The van der Waals surface area contributed by atoms with Crippen molar-refractivity contribution in [3.63, 3.8) is 0 Å². The quantitative estimate of drug-likeness (QED) is 0.294. The van der Waals surface area contributed by atoms with Crippen LogP contribution in [0.2, 0.25) is 0 Å². The standard InChI is InChI=1S/C8H7N3O/c1-6(12)10-7-2-4-8(11-9)5-3-7/h2-5H,1H3. The Bertz CT molecular complexity index is 325. The summed E-state index contributed by atoms with van der Waals surface area (Å²) in [5.74, 6) is -0.247. The lowest BCUT2D eigenvalue weighted by atomic mass is 10.1. The summed E-state index contributed by atoms with van der Waals surface area (Å²) in [5.41, 5.74) is 9.34. The highest BCUT2D eigenvalue weighted by molar-refractivity contribution is 6.18. The van der Waals surface area contributed by atoms with Gasteiger partial charge >= 0.3 is 5.71 Å². The van der Waals surface area contributed by atoms with Crippen LogP contribution in [0, 0.1) is 0 Å². The van der Waals surface area contributed by atoms with Gasteiger partial charge in [0.05, 0.1) is 5.71 Å². The van der Waals surface area contributed by atoms with Gasteiger partial charge in [-0.1, -0.05) is 0 Å². The number of carbonyl (C=O) groups excluding carboxylic acids is 1. The largest absolute Gasteiger partial charge is 0.361 e. The zero-order chi connectivity index (χ0) is 8.97. The molecule has 0 N–H and O–H groups in total. The maximum atomic E-state index is 10.5. The van der Waals surface area contributed by atoms with E-state index in [9.17, 15) is 4.79 Å². The summed E-state index contributed by atoms with van der Waals surface area (Å²) < 4.78 is 0. The summed E-state index contributed by atoms with van der Waals surface area (Å²) in [4.78, 5) is 17.2. The van der Waals surface area contributed by atoms with Gasteiger partial charge in [0.1, 0.15) is 0 Å². The molecule has 1 amide bonds. The average Bonchev–Trinajstić information content (AvgIpc) is 2.05. The van der Waals surface area contributed by atoms with Gasteiger partial charge in [-0.2, -0.15) is 4.79 Å². The number of hydrogen-bond acceptors (Lipinski definition) is 1. The van der Waals surface area contributed by atoms with Crippen LogP contribution in [0.5, 0.6) is 0 Å². The van der Waals surface area contributed by atoms with Crippen LogP contribution in [0.25, 0.3) is 5.53 Å². The van der Waals surface area contributed by atoms with Crippen LogP contribution in [0.4, 0.5) is 0 Å². The predicted octanol–water partition coefficient (Wildman–Crippen LogP) is 0.771. The molecular formula is C8H7N3O. The van der Waals surface area contributed by atoms with E-state index in [-0.39, 0.29) is 5.91 Å². The monoisotopic (exact) mass is 161 g/mol. The molecule has 1 aliphatic carbocycles. The van der Waals surface area contributed by atoms with E-state index in [4.69, 9.17) is 5.53 Å². The molecule has 0 aromatic rings. The van der Waals surface area contributed by atoms with E-state index in [0.717, 1.165) is 0 Å². The molecule has 0 fully saturated rings. The number of allylic oxidation sites excluding steroid dienone is 4. The third-order valence-corrected chi connectivity index (χ3v) is 1.25. The number of carbonyl (C=O) groups is 1. The van der Waals surface area contributed by atoms with Gasteiger partial charge in [-0.25, -0.2) is 4.99 Å². The molecule has 0 aromatic carbocycles. The van der Waals surface area contributed by atoms with E-state index < -0.39 is 0 Å². The van der Waals surface area contributed by atoms with Crippen LogP contribution in [0.15, 0.2) is 29.3 Å². The van der Waals surface area contributed by atoms with Crippen molar-refractivity contribution in [2.45, 2.75) is 6.92 Å². The van der Waals surface area contributed by atoms with E-state index in [1.807, 2.05) is 0 Å². The molecule has 4 heteroatoms. The van der Waals surface area contributed by atoms with Crippen molar-refractivity contribution < 1.29 is 9.58 Å². The number of amides is 1. The van der Waals surface area contributed by atoms with Crippen molar-refractivity contribution in [3.8, 4) is 0 Å². The molecule has 0 saturated heterocycles. The fourth-order valence-electron chi connectivity index (χ4n) is 0.776. The van der Waals surface area contributed by atoms with Crippen molar-refractivity contribution in [2.75, 3.05) is 0 Å². The first kappa shape index (κ1) is 8.30. The van der Waals surface area contributed by atoms with Crippen LogP contribution in [0.3, 0.4) is 0 Å². The molecule has 0 aromatic heterocycles. The van der Waals surface area contributed by atoms with Gasteiger partial charge in [0.2, 0.25) is 5.91 Å². The third kappa shape index (κ3) is 2.11. The Labute approximate surface area is 69.5 Å². The van der Waals surface area contributed by atoms with Crippen LogP contribution >= 0.6 is 0 Å². The van der Waals surface area contributed by atoms with Crippen LogP contribution < -0.4 is 0 Å². The highest BCUT2D eigenvalue weighted by Gasteiger charge is 2.04. The summed E-state index contributed by atoms with van der Waals surface area (Å²) >= 11 is 0. The van der Waals surface area contributed by atoms with Gasteiger partial charge in [0, 0.05) is 19.1 Å². The summed E-state index contributed by atoms with van der Waals surface area (Å²) in [7, 11) is 0. The summed E-state index contributed by atoms with van der Waals surface area (Å²) in [6.45, 7) is 1.38. The third-order valence-electron chi connectivity index (χ3n) is 1.25. The summed E-state index contributed by atoms with van der Waals surface area (Å²) in [6.07, 6.45) is 6.36. The van der Waals surface area contributed by atoms with Gasteiger partial charge in [-0.15, -0.1) is 0 Å². The molecule has 0 heterocycles. The number of rotatable bonds is 0. The molecule has 1 rings (SSSR count). The minimum atomic E-state index is -0.247. The van der Waals surface area contributed by atoms with Gasteiger partial charge in [0.25, 0.3) is 0 Å². The zero-order valence-corrected chi connectivity index (χ0v) is 6.56. The van der Waals surface area contributed by atoms with Crippen molar-refractivity contribution in [1.82, 2.24) is 0 Å². The van der Waals surface area contributed by atoms with E-state index in [1.54, 1.807) is 24.3 Å². The minimum Gasteiger partial charge on any atom is -0.361 e. The average molecular weight is 161 g/mol. The molecule has 0 saturated carbocycles. The maximum Gasteiger partial charge on any atom is 0.315 e. The van der Waals surface area contributed by atoms with E-state index >= 15 is 0 Å². The minimum absolute atomic E-state index is 0.247. The molecule has 12 heavy (non-hydrogen) atoms. The summed E-state index contributed by atoms with van der Waals surface area (Å²) in [5, 5.41) is 0. The van der Waals surface area contributed by atoms with Crippen molar-refractivity contribution >= 4 is 17.3 Å². The Morgan fingerprint density at radius 1 is 1.42 bits per heavy atom. The van der Waals surface area contributed by atoms with Crippen molar-refractivity contribution in [2.24, 2.45) is 4.99 Å². The van der Waals surface area contributed by atoms with Crippen LogP contribution in [0.1, 0.15) is 6.92 Å². The molecule has 60 valence electrons. The molecule has 0 spiro atoms. The maximum absolute atomic E-state index is 10.5. The fourth-order valence-corrected chi connectivity index (χ4v) is 0.776. The smallest absolute Gasteiger partial charge is 0.315 e. The highest BCUT2D eigenvalue weighted by atomic mass is 16.1. The zero-order valence-electron chi connectivity index (χ0n) is 6.56. The Balaban J connectivity index is 2.87. The van der Waals surface area contributed by atoms with Crippen molar-refractivity contribution in [1.29, 1.82) is 0 Å². The SMILES string of the molecule is CC(=O)N=C1C=CC(=[N+]=[N-])C=C1. The predicted molar refractivity (Wildman–Crippen MR) is 45.0 cm³/mol. The van der Waals surface area contributed by atoms with E-state index in [1.165, 1.54) is 6.92 Å². The molecule has 0 atom stereocenters. The Hall–Kier alpha value is -1.80. The number of hydrogen-bond donors (Lipinski definition) is 0. The first-order chi connectivity index (χ1) is 5.72. The van der Waals surface area contributed by atoms with E-state index in [0.29, 0.717) is 11.4 Å². The lowest BCUT2D eigenvalue weighted by Gasteiger charge is -1.93. The molecule has 0 unspecified atom stereocenters. The first-order valence-electron chi connectivity index (χ1n) is 3.40. The highest BCUT2D eigenvalue weighted by Crippen LogP contribution is 1.95. The molecule has 0 bridgehead atoms. The molecule has 0 aliphatic heterocycles. The Morgan fingerprint density at radius 2 is 2.00 bits per heavy atom. The second kappa shape index (κ2) is 3.55. The number of nitrogens with zero attached hydrogens (tertiary/aromatic N) is 3. The molecule has 4 nitrogen and oxygen atoms in total. The van der Waals surface area contributed by atoms with Gasteiger partial charge in [-0.05, 0) is 12.2 Å². The number of aliphatic imine (C=N–C) groups is 1.